The summed E-state index contributed by atoms with van der Waals surface area (Å²) in [4.78, 5) is 23.7. The summed E-state index contributed by atoms with van der Waals surface area (Å²) < 4.78 is 23.4. The number of benzene rings is 2. The number of carbonyl (C=O) groups excluding carboxylic acids is 2. The molecule has 1 amide bonds. The van der Waals surface area contributed by atoms with Crippen molar-refractivity contribution in [3.05, 3.63) is 59.9 Å². The number of carbonyl (C=O) groups is 2. The molecule has 0 bridgehead atoms. The van der Waals surface area contributed by atoms with Gasteiger partial charge in [0.2, 0.25) is 0 Å². The maximum absolute atomic E-state index is 13.4. The van der Waals surface area contributed by atoms with Gasteiger partial charge in [-0.05, 0) is 38.1 Å². The first-order valence-electron chi connectivity index (χ1n) is 7.40. The van der Waals surface area contributed by atoms with Crippen LogP contribution in [0.4, 0.5) is 10.1 Å². The van der Waals surface area contributed by atoms with Gasteiger partial charge in [-0.3, -0.25) is 4.79 Å². The molecular weight excluding hydrogens is 313 g/mol. The first kappa shape index (κ1) is 17.5. The van der Waals surface area contributed by atoms with Crippen LogP contribution in [0.25, 0.3) is 0 Å². The quantitative estimate of drug-likeness (QED) is 0.826. The lowest BCUT2D eigenvalue weighted by Crippen LogP contribution is -2.31. The van der Waals surface area contributed by atoms with Gasteiger partial charge in [0.15, 0.2) is 24.3 Å². The number of amides is 1. The normalized spacial score (nSPS) is 11.5. The maximum Gasteiger partial charge on any atom is 0.344 e. The third kappa shape index (κ3) is 5.08. The highest BCUT2D eigenvalue weighted by atomic mass is 19.1. The molecule has 2 aromatic rings. The highest BCUT2D eigenvalue weighted by molar-refractivity contribution is 5.95. The molecule has 1 atom stereocenters. The molecular formula is C18H18FNO4. The molecule has 0 aromatic heterocycles. The Kier molecular flexibility index (Phi) is 5.89. The monoisotopic (exact) mass is 331 g/mol. The van der Waals surface area contributed by atoms with E-state index in [9.17, 15) is 14.0 Å². The predicted octanol–water partition coefficient (Wildman–Crippen LogP) is 3.08. The Bertz CT molecular complexity index is 715. The second-order valence-electron chi connectivity index (χ2n) is 5.21. The third-order valence-electron chi connectivity index (χ3n) is 3.18. The number of rotatable bonds is 6. The minimum atomic E-state index is -0.997. The number of hydrogen-bond acceptors (Lipinski definition) is 4. The molecule has 0 radical (unpaired) electrons. The number of hydrogen-bond donors (Lipinski definition) is 1. The largest absolute Gasteiger partial charge is 0.479 e. The average Bonchev–Trinajstić information content (AvgIpc) is 2.56. The fourth-order valence-corrected chi connectivity index (χ4v) is 1.86. The summed E-state index contributed by atoms with van der Waals surface area (Å²) in [6.45, 7) is 2.90. The summed E-state index contributed by atoms with van der Waals surface area (Å²) in [5, 5.41) is 2.64. The van der Waals surface area contributed by atoms with Crippen molar-refractivity contribution in [2.45, 2.75) is 20.0 Å². The number of halogens is 1. The molecule has 2 aromatic carbocycles. The van der Waals surface area contributed by atoms with Crippen LogP contribution < -0.4 is 10.1 Å². The number of ether oxygens (including phenoxy) is 2. The van der Waals surface area contributed by atoms with E-state index >= 15 is 0 Å². The number of esters is 1. The number of nitrogens with one attached hydrogen (secondary N) is 1. The minimum Gasteiger partial charge on any atom is -0.479 e. The molecule has 0 aliphatic heterocycles. The average molecular weight is 331 g/mol. The van der Waals surface area contributed by atoms with Crippen molar-refractivity contribution in [1.82, 2.24) is 0 Å². The molecule has 5 nitrogen and oxygen atoms in total. The third-order valence-corrected chi connectivity index (χ3v) is 3.18. The Labute approximate surface area is 139 Å². The number of aryl methyl sites for hydroxylation is 1. The van der Waals surface area contributed by atoms with Crippen LogP contribution in [0.15, 0.2) is 48.5 Å². The lowest BCUT2D eigenvalue weighted by molar-refractivity contribution is -0.155. The summed E-state index contributed by atoms with van der Waals surface area (Å²) in [5.74, 6) is -1.84. The second-order valence-corrected chi connectivity index (χ2v) is 5.21. The van der Waals surface area contributed by atoms with Gasteiger partial charge in [0, 0.05) is 5.69 Å². The van der Waals surface area contributed by atoms with Gasteiger partial charge in [-0.2, -0.15) is 0 Å². The van der Waals surface area contributed by atoms with E-state index in [0.717, 1.165) is 5.56 Å². The van der Waals surface area contributed by atoms with E-state index in [1.54, 1.807) is 18.2 Å². The van der Waals surface area contributed by atoms with Crippen molar-refractivity contribution < 1.29 is 23.5 Å². The molecule has 24 heavy (non-hydrogen) atoms. The molecule has 0 spiro atoms. The Morgan fingerprint density at radius 2 is 1.79 bits per heavy atom. The summed E-state index contributed by atoms with van der Waals surface area (Å²) in [6, 6.07) is 12.9. The molecule has 2 rings (SSSR count). The minimum absolute atomic E-state index is 0.0498. The van der Waals surface area contributed by atoms with Crippen molar-refractivity contribution in [1.29, 1.82) is 0 Å². The summed E-state index contributed by atoms with van der Waals surface area (Å²) in [5.41, 5.74) is 1.67. The molecule has 6 heteroatoms. The standard InChI is InChI=1S/C18H18FNO4/c1-12-7-9-14(10-8-12)20-18(22)13(2)24-17(21)11-23-16-6-4-3-5-15(16)19/h3-10,13H,11H2,1-2H3,(H,20,22)/t13-/m0/s1. The molecule has 0 saturated carbocycles. The number of anilines is 1. The number of para-hydroxylation sites is 1. The van der Waals surface area contributed by atoms with Crippen LogP contribution in [0.3, 0.4) is 0 Å². The molecule has 0 aliphatic rings. The van der Waals surface area contributed by atoms with E-state index in [2.05, 4.69) is 5.32 Å². The lowest BCUT2D eigenvalue weighted by Gasteiger charge is -2.14. The van der Waals surface area contributed by atoms with Gasteiger partial charge in [0.25, 0.3) is 5.91 Å². The predicted molar refractivity (Wildman–Crippen MR) is 87.3 cm³/mol. The zero-order chi connectivity index (χ0) is 17.5. The van der Waals surface area contributed by atoms with Crippen LogP contribution >= 0.6 is 0 Å². The van der Waals surface area contributed by atoms with Crippen LogP contribution in [0.5, 0.6) is 5.75 Å². The van der Waals surface area contributed by atoms with Gasteiger partial charge in [-0.15, -0.1) is 0 Å². The zero-order valence-corrected chi connectivity index (χ0v) is 13.4. The molecule has 0 saturated heterocycles. The molecule has 0 unspecified atom stereocenters. The van der Waals surface area contributed by atoms with E-state index in [1.165, 1.54) is 25.1 Å². The summed E-state index contributed by atoms with van der Waals surface area (Å²) in [6.07, 6.45) is -0.997. The fraction of sp³-hybridized carbons (Fsp3) is 0.222. The van der Waals surface area contributed by atoms with Crippen LogP contribution in [-0.4, -0.2) is 24.6 Å². The van der Waals surface area contributed by atoms with Gasteiger partial charge in [0.05, 0.1) is 0 Å². The topological polar surface area (TPSA) is 64.6 Å². The summed E-state index contributed by atoms with van der Waals surface area (Å²) in [7, 11) is 0. The maximum atomic E-state index is 13.4. The highest BCUT2D eigenvalue weighted by Crippen LogP contribution is 2.15. The lowest BCUT2D eigenvalue weighted by atomic mass is 10.2. The van der Waals surface area contributed by atoms with Crippen molar-refractivity contribution in [3.8, 4) is 5.75 Å². The van der Waals surface area contributed by atoms with E-state index in [4.69, 9.17) is 9.47 Å². The van der Waals surface area contributed by atoms with Crippen molar-refractivity contribution in [2.75, 3.05) is 11.9 Å². The van der Waals surface area contributed by atoms with Gasteiger partial charge in [-0.25, -0.2) is 9.18 Å². The van der Waals surface area contributed by atoms with Crippen LogP contribution in [0.2, 0.25) is 0 Å². The fourth-order valence-electron chi connectivity index (χ4n) is 1.86. The molecule has 0 heterocycles. The smallest absolute Gasteiger partial charge is 0.344 e. The van der Waals surface area contributed by atoms with E-state index in [0.29, 0.717) is 5.69 Å². The van der Waals surface area contributed by atoms with Crippen molar-refractivity contribution in [3.63, 3.8) is 0 Å². The van der Waals surface area contributed by atoms with Crippen molar-refractivity contribution >= 4 is 17.6 Å². The van der Waals surface area contributed by atoms with Gasteiger partial charge in [0.1, 0.15) is 0 Å². The Morgan fingerprint density at radius 1 is 1.12 bits per heavy atom. The molecule has 0 fully saturated rings. The van der Waals surface area contributed by atoms with Crippen LogP contribution in [0.1, 0.15) is 12.5 Å². The van der Waals surface area contributed by atoms with Gasteiger partial charge < -0.3 is 14.8 Å². The highest BCUT2D eigenvalue weighted by Gasteiger charge is 2.18. The Morgan fingerprint density at radius 3 is 2.46 bits per heavy atom. The van der Waals surface area contributed by atoms with E-state index in [1.807, 2.05) is 19.1 Å². The first-order chi connectivity index (χ1) is 11.5. The zero-order valence-electron chi connectivity index (χ0n) is 13.4. The van der Waals surface area contributed by atoms with E-state index in [-0.39, 0.29) is 5.75 Å². The van der Waals surface area contributed by atoms with E-state index < -0.39 is 30.4 Å². The second kappa shape index (κ2) is 8.10. The Hall–Kier alpha value is -2.89. The van der Waals surface area contributed by atoms with Gasteiger partial charge >= 0.3 is 5.97 Å². The van der Waals surface area contributed by atoms with Crippen LogP contribution in [-0.2, 0) is 14.3 Å². The van der Waals surface area contributed by atoms with Crippen LogP contribution in [0, 0.1) is 12.7 Å². The molecule has 0 aliphatic carbocycles. The first-order valence-corrected chi connectivity index (χ1v) is 7.40. The summed E-state index contributed by atoms with van der Waals surface area (Å²) >= 11 is 0. The molecule has 126 valence electrons. The van der Waals surface area contributed by atoms with Gasteiger partial charge in [-0.1, -0.05) is 29.8 Å². The molecule has 1 N–H and O–H groups in total. The van der Waals surface area contributed by atoms with Crippen molar-refractivity contribution in [2.24, 2.45) is 0 Å². The SMILES string of the molecule is Cc1ccc(NC(=O)[C@H](C)OC(=O)COc2ccccc2F)cc1. The Balaban J connectivity index is 1.81.